The Labute approximate surface area is 433 Å². The van der Waals surface area contributed by atoms with E-state index in [0.29, 0.717) is 128 Å². The van der Waals surface area contributed by atoms with E-state index in [1.54, 1.807) is 10.9 Å². The van der Waals surface area contributed by atoms with Gasteiger partial charge in [-0.2, -0.15) is 15.1 Å². The quantitative estimate of drug-likeness (QED) is 0.0141. The molecule has 1 saturated carbocycles. The molecule has 1 aliphatic carbocycles. The molecule has 0 radical (unpaired) electrons. The number of halogens is 4. The van der Waals surface area contributed by atoms with E-state index in [4.69, 9.17) is 73.5 Å². The number of aliphatic hydroxyl groups excluding tert-OH is 2. The topological polar surface area (TPSA) is 312 Å². The van der Waals surface area contributed by atoms with Gasteiger partial charge in [0.25, 0.3) is 0 Å². The van der Waals surface area contributed by atoms with Gasteiger partial charge in [-0.05, 0) is 30.9 Å². The molecule has 6 rings (SSSR count). The van der Waals surface area contributed by atoms with Crippen molar-refractivity contribution in [3.63, 3.8) is 0 Å². The van der Waals surface area contributed by atoms with Crippen molar-refractivity contribution >= 4 is 42.0 Å². The molecule has 31 heteroatoms. The molecule has 4 aromatic rings. The number of aliphatic hydroxyl groups is 2. The third-order valence-corrected chi connectivity index (χ3v) is 11.7. The van der Waals surface area contributed by atoms with Crippen molar-refractivity contribution in [1.82, 2.24) is 34.7 Å². The summed E-state index contributed by atoms with van der Waals surface area (Å²) in [7, 11) is -4.43. The summed E-state index contributed by atoms with van der Waals surface area (Å²) < 4.78 is 120. The average Bonchev–Trinajstić information content (AvgIpc) is 4.17. The molecule has 420 valence electrons. The number of esters is 1. The van der Waals surface area contributed by atoms with Gasteiger partial charge in [-0.15, -0.1) is 5.10 Å². The molecule has 0 amide bonds. The Hall–Kier alpha value is -4.11. The number of hydrogen-bond acceptors (Lipinski definition) is 22. The normalized spacial score (nSPS) is 19.9. The van der Waals surface area contributed by atoms with Crippen LogP contribution in [-0.4, -0.2) is 210 Å². The molecule has 1 aromatic carbocycles. The number of ether oxygens (including phenoxy) is 12. The molecule has 3 aromatic heterocycles. The highest BCUT2D eigenvalue weighted by molar-refractivity contribution is 7.51. The van der Waals surface area contributed by atoms with Crippen LogP contribution in [0.2, 0.25) is 5.28 Å². The van der Waals surface area contributed by atoms with Gasteiger partial charge in [0.15, 0.2) is 23.5 Å². The van der Waals surface area contributed by atoms with Crippen LogP contribution in [0.5, 0.6) is 5.75 Å². The predicted octanol–water partition coefficient (Wildman–Crippen LogP) is 1.94. The van der Waals surface area contributed by atoms with Crippen molar-refractivity contribution < 1.29 is 99.4 Å². The van der Waals surface area contributed by atoms with Gasteiger partial charge in [0.05, 0.1) is 156 Å². The molecule has 26 nitrogen and oxygen atoms in total. The molecule has 1 saturated heterocycles. The second kappa shape index (κ2) is 31.9. The molecule has 4 heterocycles. The summed E-state index contributed by atoms with van der Waals surface area (Å²) in [6.45, 7) is 5.73. The standard InChI is InChI=1S/C44H63ClF3N8O18P/c45-44-51-41(33-24-49-56(42(33)52-44)43-39(59)38(58)36(73-43)27-71-28-75(60,61)62)50-30-1-2-32(23-30)72-20-19-69-16-15-67-13-14-68-17-18-70-26-31-25-55(54-53-31)4-6-64-8-10-66-12-11-65-9-7-63-5-3-37(57)74-40-34(47)21-29(46)22-35(40)48/h21-22,24-25,30,32,36,38-39,43,58-59H,1-20,23,26-28H2,(H,50,51,52)(H2,60,61,62)/t30-,32+,36+,38+,39+,43+/m0/s1. The van der Waals surface area contributed by atoms with Crippen LogP contribution in [0.25, 0.3) is 11.0 Å². The summed E-state index contributed by atoms with van der Waals surface area (Å²) in [5.74, 6) is -5.21. The third-order valence-electron chi connectivity index (χ3n) is 11.0. The van der Waals surface area contributed by atoms with Crippen molar-refractivity contribution in [2.24, 2.45) is 0 Å². The van der Waals surface area contributed by atoms with Crippen LogP contribution >= 0.6 is 19.2 Å². The Morgan fingerprint density at radius 1 is 0.787 bits per heavy atom. The van der Waals surface area contributed by atoms with E-state index in [9.17, 15) is 32.7 Å². The first-order chi connectivity index (χ1) is 36.2. The SMILES string of the molecule is O=C(CCOCCOCCOCCOCCn1cc(COCCOCCOCCOCCO[C@@H]2CC[C@H](Nc3nc(Cl)nc4c3cnn4[C@@H]3O[C@H](COCP(=O)(O)O)[C@@H](O)[C@H]3O)C2)nn1)Oc1c(F)cc(F)cc1F. The molecular formula is C44H63ClF3N8O18P. The lowest BCUT2D eigenvalue weighted by Gasteiger charge is -2.17. The maximum atomic E-state index is 13.6. The number of aromatic nitrogens is 7. The van der Waals surface area contributed by atoms with Gasteiger partial charge in [-0.3, -0.25) is 9.36 Å². The largest absolute Gasteiger partial charge is 0.420 e. The zero-order valence-corrected chi connectivity index (χ0v) is 42.5. The van der Waals surface area contributed by atoms with Gasteiger partial charge in [-0.1, -0.05) is 5.21 Å². The number of carbonyl (C=O) groups excluding carboxylic acids is 1. The highest BCUT2D eigenvalue weighted by Crippen LogP contribution is 2.37. The molecule has 75 heavy (non-hydrogen) atoms. The fourth-order valence-corrected chi connectivity index (χ4v) is 7.97. The molecule has 2 fully saturated rings. The minimum absolute atomic E-state index is 0.00150. The highest BCUT2D eigenvalue weighted by Gasteiger charge is 2.45. The summed E-state index contributed by atoms with van der Waals surface area (Å²) in [6.07, 6.45) is -0.662. The molecule has 2 aliphatic rings. The van der Waals surface area contributed by atoms with E-state index in [-0.39, 0.29) is 62.5 Å². The summed E-state index contributed by atoms with van der Waals surface area (Å²) in [4.78, 5) is 38.4. The van der Waals surface area contributed by atoms with Gasteiger partial charge in [0, 0.05) is 18.2 Å². The Morgan fingerprint density at radius 3 is 2.03 bits per heavy atom. The molecule has 0 spiro atoms. The lowest BCUT2D eigenvalue weighted by molar-refractivity contribution is -0.136. The molecule has 6 atom stereocenters. The van der Waals surface area contributed by atoms with Gasteiger partial charge in [0.1, 0.15) is 42.0 Å². The predicted molar refractivity (Wildman–Crippen MR) is 252 cm³/mol. The molecule has 0 bridgehead atoms. The Morgan fingerprint density at radius 2 is 1.39 bits per heavy atom. The first kappa shape index (κ1) is 60.1. The fraction of sp³-hybridized carbons (Fsp3) is 0.682. The number of benzene rings is 1. The van der Waals surface area contributed by atoms with Crippen molar-refractivity contribution in [2.75, 3.05) is 124 Å². The number of anilines is 1. The minimum atomic E-state index is -4.43. The molecular weight excluding hydrogens is 1050 g/mol. The van der Waals surface area contributed by atoms with E-state index in [2.05, 4.69) is 35.4 Å². The summed E-state index contributed by atoms with van der Waals surface area (Å²) in [5, 5.41) is 37.5. The van der Waals surface area contributed by atoms with Gasteiger partial charge >= 0.3 is 13.6 Å². The summed E-state index contributed by atoms with van der Waals surface area (Å²) >= 11 is 6.28. The minimum Gasteiger partial charge on any atom is -0.420 e. The lowest BCUT2D eigenvalue weighted by atomic mass is 10.1. The van der Waals surface area contributed by atoms with Gasteiger partial charge in [0.2, 0.25) is 11.0 Å². The number of fused-ring (bicyclic) bond motifs is 1. The Bertz CT molecular complexity index is 2360. The van der Waals surface area contributed by atoms with Crippen molar-refractivity contribution in [3.05, 3.63) is 53.0 Å². The Kier molecular flexibility index (Phi) is 25.6. The van der Waals surface area contributed by atoms with Crippen molar-refractivity contribution in [3.8, 4) is 5.75 Å². The second-order valence-corrected chi connectivity index (χ2v) is 18.7. The number of hydrogen-bond donors (Lipinski definition) is 5. The van der Waals surface area contributed by atoms with E-state index in [0.717, 1.165) is 12.8 Å². The zero-order valence-electron chi connectivity index (χ0n) is 40.8. The zero-order chi connectivity index (χ0) is 53.4. The third kappa shape index (κ3) is 21.0. The van der Waals surface area contributed by atoms with Crippen molar-refractivity contribution in [1.29, 1.82) is 0 Å². The number of rotatable bonds is 38. The average molecular weight is 1120 g/mol. The summed E-state index contributed by atoms with van der Waals surface area (Å²) in [5.41, 5.74) is 0.916. The lowest BCUT2D eigenvalue weighted by Crippen LogP contribution is -2.34. The van der Waals surface area contributed by atoms with Gasteiger partial charge < -0.3 is 82.2 Å². The van der Waals surface area contributed by atoms with E-state index < -0.39 is 67.7 Å². The monoisotopic (exact) mass is 1110 g/mol. The van der Waals surface area contributed by atoms with Crippen LogP contribution in [0.3, 0.4) is 0 Å². The van der Waals surface area contributed by atoms with Crippen LogP contribution in [0.1, 0.15) is 37.6 Å². The molecule has 5 N–H and O–H groups in total. The number of nitrogens with one attached hydrogen (secondary N) is 1. The highest BCUT2D eigenvalue weighted by atomic mass is 35.5. The van der Waals surface area contributed by atoms with Gasteiger partial charge in [-0.25, -0.2) is 22.5 Å². The van der Waals surface area contributed by atoms with E-state index in [1.165, 1.54) is 10.9 Å². The van der Waals surface area contributed by atoms with Crippen LogP contribution < -0.4 is 10.1 Å². The van der Waals surface area contributed by atoms with E-state index in [1.807, 2.05) is 0 Å². The van der Waals surface area contributed by atoms with E-state index >= 15 is 0 Å². The Balaban J connectivity index is 0.686. The second-order valence-electron chi connectivity index (χ2n) is 16.8. The molecule has 0 unspecified atom stereocenters. The molecule has 1 aliphatic heterocycles. The smallest absolute Gasteiger partial charge is 0.350 e. The maximum Gasteiger partial charge on any atom is 0.350 e. The first-order valence-electron chi connectivity index (χ1n) is 24.0. The van der Waals surface area contributed by atoms with Crippen LogP contribution in [0.15, 0.2) is 24.5 Å². The number of carbonyl (C=O) groups is 1. The van der Waals surface area contributed by atoms with Crippen LogP contribution in [-0.2, 0) is 74.6 Å². The summed E-state index contributed by atoms with van der Waals surface area (Å²) in [6, 6.07) is 0.847. The number of nitrogens with zero attached hydrogens (tertiary/aromatic N) is 7. The fourth-order valence-electron chi connectivity index (χ4n) is 7.46. The van der Waals surface area contributed by atoms with Crippen molar-refractivity contribution in [2.45, 2.75) is 75.5 Å². The van der Waals surface area contributed by atoms with Crippen LogP contribution in [0, 0.1) is 17.5 Å². The first-order valence-corrected chi connectivity index (χ1v) is 26.2. The van der Waals surface area contributed by atoms with Crippen LogP contribution in [0.4, 0.5) is 19.0 Å². The maximum absolute atomic E-state index is 13.6.